The van der Waals surface area contributed by atoms with Gasteiger partial charge in [0.15, 0.2) is 0 Å². The Hall–Kier alpha value is -2.96. The van der Waals surface area contributed by atoms with Crippen molar-refractivity contribution in [3.05, 3.63) is 42.2 Å². The molecule has 1 saturated heterocycles. The molecule has 1 aromatic heterocycles. The average Bonchev–Trinajstić information content (AvgIpc) is 3.20. The Kier molecular flexibility index (Phi) is 4.51. The van der Waals surface area contributed by atoms with Gasteiger partial charge in [-0.1, -0.05) is 24.3 Å². The number of likely N-dealkylation sites (tertiary alicyclic amines) is 1. The molecule has 1 aliphatic heterocycles. The van der Waals surface area contributed by atoms with Crippen LogP contribution in [0.25, 0.3) is 11.0 Å². The number of para-hydroxylation sites is 2. The van der Waals surface area contributed by atoms with Crippen molar-refractivity contribution in [2.24, 2.45) is 11.8 Å². The number of hydrogen-bond donors (Lipinski definition) is 2. The molecule has 2 aromatic rings. The summed E-state index contributed by atoms with van der Waals surface area (Å²) in [7, 11) is 0. The summed E-state index contributed by atoms with van der Waals surface area (Å²) in [6.45, 7) is 1.99. The van der Waals surface area contributed by atoms with E-state index >= 15 is 0 Å². The highest BCUT2D eigenvalue weighted by Gasteiger charge is 2.49. The first kappa shape index (κ1) is 17.5. The van der Waals surface area contributed by atoms with E-state index in [1.807, 2.05) is 36.4 Å². The van der Waals surface area contributed by atoms with Gasteiger partial charge in [0, 0.05) is 13.0 Å². The van der Waals surface area contributed by atoms with Crippen molar-refractivity contribution in [3.63, 3.8) is 0 Å². The molecule has 3 atom stereocenters. The fraction of sp³-hybridized carbons (Fsp3) is 0.400. The fourth-order valence-electron chi connectivity index (χ4n) is 3.90. The van der Waals surface area contributed by atoms with Gasteiger partial charge in [-0.3, -0.25) is 19.3 Å². The SMILES string of the molecule is C[C@H](C(=O)NCCc1nc2ccccc2[nH]1)N1C(=O)[C@H]2CC=CC[C@H]2C1=O. The number of imide groups is 1. The van der Waals surface area contributed by atoms with E-state index in [4.69, 9.17) is 0 Å². The summed E-state index contributed by atoms with van der Waals surface area (Å²) < 4.78 is 0. The van der Waals surface area contributed by atoms with Gasteiger partial charge in [-0.2, -0.15) is 0 Å². The first-order valence-corrected chi connectivity index (χ1v) is 9.29. The second-order valence-corrected chi connectivity index (χ2v) is 7.12. The Balaban J connectivity index is 1.35. The molecule has 0 spiro atoms. The topological polar surface area (TPSA) is 95.2 Å². The number of H-pyrrole nitrogens is 1. The van der Waals surface area contributed by atoms with E-state index in [0.29, 0.717) is 25.8 Å². The third-order valence-electron chi connectivity index (χ3n) is 5.41. The number of aromatic amines is 1. The summed E-state index contributed by atoms with van der Waals surface area (Å²) in [4.78, 5) is 46.5. The molecule has 0 unspecified atom stereocenters. The van der Waals surface area contributed by atoms with Gasteiger partial charge in [-0.25, -0.2) is 4.98 Å². The van der Waals surface area contributed by atoms with Gasteiger partial charge in [0.1, 0.15) is 11.9 Å². The third-order valence-corrected chi connectivity index (χ3v) is 5.41. The zero-order chi connectivity index (χ0) is 19.0. The number of nitrogens with one attached hydrogen (secondary N) is 2. The van der Waals surface area contributed by atoms with E-state index in [0.717, 1.165) is 21.8 Å². The quantitative estimate of drug-likeness (QED) is 0.620. The lowest BCUT2D eigenvalue weighted by Gasteiger charge is -2.22. The minimum atomic E-state index is -0.800. The van der Waals surface area contributed by atoms with Gasteiger partial charge in [-0.05, 0) is 31.9 Å². The molecule has 0 radical (unpaired) electrons. The number of nitrogens with zero attached hydrogens (tertiary/aromatic N) is 2. The Morgan fingerprint density at radius 2 is 1.89 bits per heavy atom. The second-order valence-electron chi connectivity index (χ2n) is 7.12. The molecule has 4 rings (SSSR count). The maximum Gasteiger partial charge on any atom is 0.243 e. The van der Waals surface area contributed by atoms with Crippen molar-refractivity contribution >= 4 is 28.8 Å². The lowest BCUT2D eigenvalue weighted by Crippen LogP contribution is -2.48. The van der Waals surface area contributed by atoms with E-state index in [-0.39, 0.29) is 29.6 Å². The van der Waals surface area contributed by atoms with Crippen molar-refractivity contribution in [3.8, 4) is 0 Å². The maximum absolute atomic E-state index is 12.6. The molecule has 3 amide bonds. The van der Waals surface area contributed by atoms with Gasteiger partial charge in [0.2, 0.25) is 17.7 Å². The first-order chi connectivity index (χ1) is 13.1. The van der Waals surface area contributed by atoms with Gasteiger partial charge >= 0.3 is 0 Å². The van der Waals surface area contributed by atoms with E-state index in [1.54, 1.807) is 6.92 Å². The number of amides is 3. The highest BCUT2D eigenvalue weighted by molar-refractivity contribution is 6.08. The van der Waals surface area contributed by atoms with Crippen LogP contribution in [0.4, 0.5) is 0 Å². The van der Waals surface area contributed by atoms with Crippen LogP contribution in [0.2, 0.25) is 0 Å². The Morgan fingerprint density at radius 3 is 2.56 bits per heavy atom. The molecule has 140 valence electrons. The highest BCUT2D eigenvalue weighted by atomic mass is 16.2. The van der Waals surface area contributed by atoms with E-state index in [9.17, 15) is 14.4 Å². The van der Waals surface area contributed by atoms with E-state index in [2.05, 4.69) is 15.3 Å². The van der Waals surface area contributed by atoms with Crippen LogP contribution >= 0.6 is 0 Å². The van der Waals surface area contributed by atoms with Crippen LogP contribution in [0, 0.1) is 11.8 Å². The summed E-state index contributed by atoms with van der Waals surface area (Å²) in [5.74, 6) is -0.612. The van der Waals surface area contributed by atoms with E-state index in [1.165, 1.54) is 0 Å². The predicted octanol–water partition coefficient (Wildman–Crippen LogP) is 1.56. The lowest BCUT2D eigenvalue weighted by atomic mass is 9.85. The number of carbonyl (C=O) groups excluding carboxylic acids is 3. The van der Waals surface area contributed by atoms with Gasteiger partial charge in [0.25, 0.3) is 0 Å². The number of carbonyl (C=O) groups is 3. The smallest absolute Gasteiger partial charge is 0.243 e. The molecule has 0 bridgehead atoms. The number of aromatic nitrogens is 2. The van der Waals surface area contributed by atoms with Crippen molar-refractivity contribution in [2.45, 2.75) is 32.2 Å². The number of fused-ring (bicyclic) bond motifs is 2. The molecule has 27 heavy (non-hydrogen) atoms. The molecule has 7 nitrogen and oxygen atoms in total. The largest absolute Gasteiger partial charge is 0.354 e. The van der Waals surface area contributed by atoms with Gasteiger partial charge in [0.05, 0.1) is 22.9 Å². The van der Waals surface area contributed by atoms with Crippen molar-refractivity contribution in [1.82, 2.24) is 20.2 Å². The number of imidazole rings is 1. The third kappa shape index (κ3) is 3.13. The van der Waals surface area contributed by atoms with Gasteiger partial charge in [-0.15, -0.1) is 0 Å². The van der Waals surface area contributed by atoms with Crippen LogP contribution in [0.1, 0.15) is 25.6 Å². The van der Waals surface area contributed by atoms with Crippen molar-refractivity contribution in [2.75, 3.05) is 6.54 Å². The molecule has 0 saturated carbocycles. The zero-order valence-electron chi connectivity index (χ0n) is 15.1. The minimum absolute atomic E-state index is 0.228. The fourth-order valence-corrected chi connectivity index (χ4v) is 3.90. The maximum atomic E-state index is 12.6. The lowest BCUT2D eigenvalue weighted by molar-refractivity contribution is -0.147. The number of benzene rings is 1. The molecule has 1 aromatic carbocycles. The standard InChI is InChI=1S/C20H22N4O3/c1-12(24-19(26)13-6-2-3-7-14(13)20(24)27)18(25)21-11-10-17-22-15-8-4-5-9-16(15)23-17/h2-5,8-9,12-14H,6-7,10-11H2,1H3,(H,21,25)(H,22,23)/t12-,13-,14+/m1/s1. The molecule has 2 aliphatic rings. The molecular weight excluding hydrogens is 344 g/mol. The second kappa shape index (κ2) is 6.98. The monoisotopic (exact) mass is 366 g/mol. The average molecular weight is 366 g/mol. The summed E-state index contributed by atoms with van der Waals surface area (Å²) in [6, 6.07) is 6.94. The van der Waals surface area contributed by atoms with E-state index < -0.39 is 6.04 Å². The zero-order valence-corrected chi connectivity index (χ0v) is 15.1. The highest BCUT2D eigenvalue weighted by Crippen LogP contribution is 2.36. The molecule has 7 heteroatoms. The predicted molar refractivity (Wildman–Crippen MR) is 99.5 cm³/mol. The summed E-state index contributed by atoms with van der Waals surface area (Å²) in [5, 5.41) is 2.81. The van der Waals surface area contributed by atoms with Crippen LogP contribution in [0.3, 0.4) is 0 Å². The van der Waals surface area contributed by atoms with Crippen LogP contribution in [-0.4, -0.2) is 45.2 Å². The minimum Gasteiger partial charge on any atom is -0.354 e. The van der Waals surface area contributed by atoms with Crippen LogP contribution in [-0.2, 0) is 20.8 Å². The molecule has 1 fully saturated rings. The molecular formula is C20H22N4O3. The Bertz CT molecular complexity index is 873. The normalized spacial score (nSPS) is 22.9. The van der Waals surface area contributed by atoms with Crippen molar-refractivity contribution < 1.29 is 14.4 Å². The van der Waals surface area contributed by atoms with Crippen LogP contribution in [0.15, 0.2) is 36.4 Å². The van der Waals surface area contributed by atoms with Crippen LogP contribution < -0.4 is 5.32 Å². The molecule has 2 N–H and O–H groups in total. The number of allylic oxidation sites excluding steroid dienone is 2. The Labute approximate surface area is 156 Å². The summed E-state index contributed by atoms with van der Waals surface area (Å²) in [6.07, 6.45) is 5.57. The molecule has 1 aliphatic carbocycles. The molecule has 2 heterocycles. The van der Waals surface area contributed by atoms with Gasteiger partial charge < -0.3 is 10.3 Å². The number of rotatable bonds is 5. The Morgan fingerprint density at radius 1 is 1.22 bits per heavy atom. The van der Waals surface area contributed by atoms with Crippen molar-refractivity contribution in [1.29, 1.82) is 0 Å². The number of hydrogen-bond acceptors (Lipinski definition) is 4. The summed E-state index contributed by atoms with van der Waals surface area (Å²) >= 11 is 0. The van der Waals surface area contributed by atoms with Crippen LogP contribution in [0.5, 0.6) is 0 Å². The summed E-state index contributed by atoms with van der Waals surface area (Å²) in [5.41, 5.74) is 1.84. The first-order valence-electron chi connectivity index (χ1n) is 9.29.